The van der Waals surface area contributed by atoms with Crippen molar-refractivity contribution in [1.82, 2.24) is 24.7 Å². The molecule has 1 fully saturated rings. The van der Waals surface area contributed by atoms with Crippen molar-refractivity contribution in [3.8, 4) is 11.4 Å². The Hall–Kier alpha value is -2.90. The summed E-state index contributed by atoms with van der Waals surface area (Å²) in [4.78, 5) is 9.17. The molecule has 2 aromatic heterocycles. The first-order valence-electron chi connectivity index (χ1n) is 11.0. The van der Waals surface area contributed by atoms with E-state index in [4.69, 9.17) is 12.2 Å². The topological polar surface area (TPSA) is 56.6 Å². The van der Waals surface area contributed by atoms with Gasteiger partial charge in [0, 0.05) is 29.8 Å². The lowest BCUT2D eigenvalue weighted by molar-refractivity contribution is 0.292. The quantitative estimate of drug-likeness (QED) is 0.529. The highest BCUT2D eigenvalue weighted by Crippen LogP contribution is 2.41. The van der Waals surface area contributed by atoms with Crippen LogP contribution in [0.4, 0.5) is 0 Å². The Balaban J connectivity index is 1.76. The van der Waals surface area contributed by atoms with E-state index in [1.165, 1.54) is 11.3 Å². The molecular weight excluding hydrogens is 418 g/mol. The van der Waals surface area contributed by atoms with Gasteiger partial charge in [-0.25, -0.2) is 0 Å². The number of nitrogens with zero attached hydrogens (tertiary/aromatic N) is 4. The number of phenols is 1. The van der Waals surface area contributed by atoms with E-state index in [0.717, 1.165) is 41.7 Å². The maximum absolute atomic E-state index is 9.72. The lowest BCUT2D eigenvalue weighted by Crippen LogP contribution is -2.32. The highest BCUT2D eigenvalue weighted by molar-refractivity contribution is 7.80. The van der Waals surface area contributed by atoms with E-state index >= 15 is 0 Å². The third-order valence-corrected chi connectivity index (χ3v) is 6.45. The summed E-state index contributed by atoms with van der Waals surface area (Å²) >= 11 is 5.80. The minimum Gasteiger partial charge on any atom is -0.508 e. The van der Waals surface area contributed by atoms with Gasteiger partial charge in [-0.2, -0.15) is 0 Å². The van der Waals surface area contributed by atoms with E-state index in [1.807, 2.05) is 30.5 Å². The van der Waals surface area contributed by atoms with Gasteiger partial charge in [0.15, 0.2) is 5.11 Å². The molecule has 0 bridgehead atoms. The normalized spacial score (nSPS) is 18.4. The highest BCUT2D eigenvalue weighted by atomic mass is 32.1. The van der Waals surface area contributed by atoms with Crippen LogP contribution in [0.3, 0.4) is 0 Å². The fourth-order valence-corrected chi connectivity index (χ4v) is 4.96. The Labute approximate surface area is 195 Å². The van der Waals surface area contributed by atoms with Crippen molar-refractivity contribution in [2.24, 2.45) is 0 Å². The van der Waals surface area contributed by atoms with Crippen molar-refractivity contribution >= 4 is 17.3 Å². The first-order valence-corrected chi connectivity index (χ1v) is 11.4. The van der Waals surface area contributed by atoms with Gasteiger partial charge in [-0.1, -0.05) is 6.07 Å². The van der Waals surface area contributed by atoms with Crippen molar-refractivity contribution in [2.45, 2.75) is 32.4 Å². The summed E-state index contributed by atoms with van der Waals surface area (Å²) in [7, 11) is 4.19. The summed E-state index contributed by atoms with van der Waals surface area (Å²) in [5.41, 5.74) is 5.58. The second kappa shape index (κ2) is 9.30. The molecule has 4 rings (SSSR count). The zero-order chi connectivity index (χ0) is 22.8. The molecule has 2 N–H and O–H groups in total. The monoisotopic (exact) mass is 449 g/mol. The highest BCUT2D eigenvalue weighted by Gasteiger charge is 2.41. The minimum atomic E-state index is -0.0168. The molecule has 2 atom stereocenters. The Morgan fingerprint density at radius 2 is 1.88 bits per heavy atom. The van der Waals surface area contributed by atoms with Crippen LogP contribution in [-0.4, -0.2) is 56.8 Å². The Bertz CT molecular complexity index is 1080. The average molecular weight is 450 g/mol. The van der Waals surface area contributed by atoms with Crippen LogP contribution >= 0.6 is 12.2 Å². The fourth-order valence-electron chi connectivity index (χ4n) is 4.63. The molecule has 1 aliphatic heterocycles. The number of aromatic nitrogens is 2. The zero-order valence-corrected chi connectivity index (χ0v) is 19.9. The van der Waals surface area contributed by atoms with Gasteiger partial charge >= 0.3 is 0 Å². The van der Waals surface area contributed by atoms with E-state index in [9.17, 15) is 5.11 Å². The first kappa shape index (κ1) is 22.3. The van der Waals surface area contributed by atoms with Crippen LogP contribution < -0.4 is 5.32 Å². The molecule has 0 spiro atoms. The lowest BCUT2D eigenvalue weighted by atomic mass is 9.96. The number of hydrogen-bond acceptors (Lipinski definition) is 4. The number of aryl methyl sites for hydroxylation is 1. The number of aromatic hydroxyl groups is 1. The smallest absolute Gasteiger partial charge is 0.170 e. The first-order chi connectivity index (χ1) is 15.4. The number of phenolic OH excluding ortho intramolecular Hbond substituents is 1. The number of benzene rings is 1. The Morgan fingerprint density at radius 1 is 1.12 bits per heavy atom. The second-order valence-corrected chi connectivity index (χ2v) is 9.04. The van der Waals surface area contributed by atoms with Crippen molar-refractivity contribution in [2.75, 3.05) is 27.2 Å². The molecule has 0 radical (unpaired) electrons. The molecule has 0 amide bonds. The van der Waals surface area contributed by atoms with E-state index < -0.39 is 0 Å². The van der Waals surface area contributed by atoms with Crippen molar-refractivity contribution in [3.63, 3.8) is 0 Å². The second-order valence-electron chi connectivity index (χ2n) is 8.66. The molecule has 168 valence electrons. The molecule has 32 heavy (non-hydrogen) atoms. The molecule has 0 saturated carbocycles. The van der Waals surface area contributed by atoms with Crippen molar-refractivity contribution in [1.29, 1.82) is 0 Å². The van der Waals surface area contributed by atoms with Crippen LogP contribution in [-0.2, 0) is 0 Å². The maximum atomic E-state index is 9.72. The molecule has 0 aliphatic carbocycles. The summed E-state index contributed by atoms with van der Waals surface area (Å²) in [6, 6.07) is 15.7. The lowest BCUT2D eigenvalue weighted by Gasteiger charge is -2.28. The molecule has 0 unspecified atom stereocenters. The van der Waals surface area contributed by atoms with Gasteiger partial charge in [0.1, 0.15) is 5.75 Å². The van der Waals surface area contributed by atoms with E-state index in [2.05, 4.69) is 64.7 Å². The van der Waals surface area contributed by atoms with Gasteiger partial charge in [-0.3, -0.25) is 4.98 Å². The molecule has 7 heteroatoms. The third-order valence-electron chi connectivity index (χ3n) is 6.10. The minimum absolute atomic E-state index is 0.0168. The number of rotatable bonds is 7. The van der Waals surface area contributed by atoms with Gasteiger partial charge in [-0.15, -0.1) is 0 Å². The van der Waals surface area contributed by atoms with Crippen LogP contribution in [0, 0.1) is 13.8 Å². The molecule has 6 nitrogen and oxygen atoms in total. The van der Waals surface area contributed by atoms with Crippen LogP contribution in [0.2, 0.25) is 0 Å². The average Bonchev–Trinajstić information content (AvgIpc) is 3.25. The summed E-state index contributed by atoms with van der Waals surface area (Å²) < 4.78 is 2.24. The van der Waals surface area contributed by atoms with Crippen molar-refractivity contribution < 1.29 is 5.11 Å². The van der Waals surface area contributed by atoms with Gasteiger partial charge in [0.25, 0.3) is 0 Å². The summed E-state index contributed by atoms with van der Waals surface area (Å²) in [5.74, 6) is 0.268. The standard InChI is InChI=1S/C25H31N5OS/c1-17-16-21(18(2)30(17)19-9-11-20(31)12-10-19)24-23(22-8-5-6-13-26-22)27-25(32)29(24)15-7-14-28(3)4/h5-6,8-13,16,23-24,31H,7,14-15H2,1-4H3,(H,27,32)/t23-,24-/m0/s1. The summed E-state index contributed by atoms with van der Waals surface area (Å²) in [6.45, 7) is 6.16. The Kier molecular flexibility index (Phi) is 6.48. The summed E-state index contributed by atoms with van der Waals surface area (Å²) in [6.07, 6.45) is 2.86. The predicted molar refractivity (Wildman–Crippen MR) is 132 cm³/mol. The van der Waals surface area contributed by atoms with Gasteiger partial charge in [0.2, 0.25) is 0 Å². The van der Waals surface area contributed by atoms with E-state index in [1.54, 1.807) is 12.1 Å². The largest absolute Gasteiger partial charge is 0.508 e. The number of thiocarbonyl (C=S) groups is 1. The van der Waals surface area contributed by atoms with Gasteiger partial charge in [-0.05, 0) is 101 Å². The molecular formula is C25H31N5OS. The fraction of sp³-hybridized carbons (Fsp3) is 0.360. The van der Waals surface area contributed by atoms with Crippen LogP contribution in [0.15, 0.2) is 54.7 Å². The summed E-state index contributed by atoms with van der Waals surface area (Å²) in [5, 5.41) is 14.0. The molecule has 1 aromatic carbocycles. The molecule has 3 aromatic rings. The molecule has 3 heterocycles. The van der Waals surface area contributed by atoms with E-state index in [0.29, 0.717) is 0 Å². The van der Waals surface area contributed by atoms with Gasteiger partial charge < -0.3 is 24.8 Å². The van der Waals surface area contributed by atoms with Crippen LogP contribution in [0.1, 0.15) is 41.1 Å². The zero-order valence-electron chi connectivity index (χ0n) is 19.1. The SMILES string of the molecule is Cc1cc([C@H]2[C@H](c3ccccn3)NC(=S)N2CCCN(C)C)c(C)n1-c1ccc(O)cc1. The van der Waals surface area contributed by atoms with Crippen molar-refractivity contribution in [3.05, 3.63) is 77.4 Å². The number of pyridine rings is 1. The van der Waals surface area contributed by atoms with Gasteiger partial charge in [0.05, 0.1) is 17.8 Å². The molecule has 1 aliphatic rings. The Morgan fingerprint density at radius 3 is 2.53 bits per heavy atom. The van der Waals surface area contributed by atoms with Crippen LogP contribution in [0.25, 0.3) is 5.69 Å². The van der Waals surface area contributed by atoms with Crippen LogP contribution in [0.5, 0.6) is 5.75 Å². The molecule has 1 saturated heterocycles. The predicted octanol–water partition coefficient (Wildman–Crippen LogP) is 4.12. The van der Waals surface area contributed by atoms with E-state index in [-0.39, 0.29) is 17.8 Å². The number of hydrogen-bond donors (Lipinski definition) is 2. The third kappa shape index (κ3) is 4.36. The number of nitrogens with one attached hydrogen (secondary N) is 1. The maximum Gasteiger partial charge on any atom is 0.170 e.